The molecule has 0 saturated heterocycles. The molecule has 1 N–H and O–H groups in total. The number of carbonyl (C=O) groups is 1. The predicted octanol–water partition coefficient (Wildman–Crippen LogP) is 4.84. The second kappa shape index (κ2) is 7.48. The number of ether oxygens (including phenoxy) is 2. The predicted molar refractivity (Wildman–Crippen MR) is 93.7 cm³/mol. The Morgan fingerprint density at radius 1 is 1.22 bits per heavy atom. The number of esters is 1. The summed E-state index contributed by atoms with van der Waals surface area (Å²) in [4.78, 5) is 18.5. The van der Waals surface area contributed by atoms with E-state index in [9.17, 15) is 18.0 Å². The van der Waals surface area contributed by atoms with Crippen LogP contribution in [-0.4, -0.2) is 29.2 Å². The molecule has 5 nitrogen and oxygen atoms in total. The molecule has 0 unspecified atom stereocenters. The van der Waals surface area contributed by atoms with Gasteiger partial charge in [-0.1, -0.05) is 11.6 Å². The van der Waals surface area contributed by atoms with Gasteiger partial charge in [0, 0.05) is 5.56 Å². The largest absolute Gasteiger partial charge is 0.480 e. The number of fused-ring (bicyclic) bond motifs is 1. The Kier molecular flexibility index (Phi) is 5.27. The maximum Gasteiger partial charge on any atom is 0.416 e. The summed E-state index contributed by atoms with van der Waals surface area (Å²) in [6, 6.07) is 8.01. The standard InChI is InChI=1S/C18H14ClF3N2O3/c1-2-26-16(25)9-27-15-6-3-10(7-12(15)19)17-23-13-5-4-11(18(20,21)22)8-14(13)24-17/h3-8H,2,9H2,1H3,(H,23,24). The second-order valence-electron chi connectivity index (χ2n) is 5.55. The fraction of sp³-hybridized carbons (Fsp3) is 0.222. The summed E-state index contributed by atoms with van der Waals surface area (Å²) >= 11 is 6.16. The quantitative estimate of drug-likeness (QED) is 0.624. The molecule has 3 rings (SSSR count). The Labute approximate surface area is 157 Å². The van der Waals surface area contributed by atoms with Crippen molar-refractivity contribution in [2.75, 3.05) is 13.2 Å². The number of aromatic amines is 1. The second-order valence-corrected chi connectivity index (χ2v) is 5.96. The third kappa shape index (κ3) is 4.33. The minimum Gasteiger partial charge on any atom is -0.480 e. The number of benzene rings is 2. The van der Waals surface area contributed by atoms with Crippen LogP contribution in [0.4, 0.5) is 13.2 Å². The van der Waals surface area contributed by atoms with Gasteiger partial charge in [0.1, 0.15) is 11.6 Å². The molecular formula is C18H14ClF3N2O3. The van der Waals surface area contributed by atoms with E-state index >= 15 is 0 Å². The van der Waals surface area contributed by atoms with Crippen LogP contribution in [0.2, 0.25) is 5.02 Å². The maximum atomic E-state index is 12.8. The molecule has 0 amide bonds. The number of carbonyl (C=O) groups excluding carboxylic acids is 1. The number of halogens is 4. The molecule has 0 atom stereocenters. The topological polar surface area (TPSA) is 64.2 Å². The van der Waals surface area contributed by atoms with Gasteiger partial charge in [-0.05, 0) is 43.3 Å². The van der Waals surface area contributed by atoms with E-state index < -0.39 is 17.7 Å². The van der Waals surface area contributed by atoms with Gasteiger partial charge in [0.05, 0.1) is 28.2 Å². The lowest BCUT2D eigenvalue weighted by Crippen LogP contribution is -2.14. The van der Waals surface area contributed by atoms with E-state index in [2.05, 4.69) is 9.97 Å². The Bertz CT molecular complexity index is 986. The molecule has 0 spiro atoms. The van der Waals surface area contributed by atoms with Crippen molar-refractivity contribution in [3.05, 3.63) is 47.0 Å². The van der Waals surface area contributed by atoms with Crippen molar-refractivity contribution in [1.82, 2.24) is 9.97 Å². The molecule has 1 heterocycles. The number of rotatable bonds is 5. The van der Waals surface area contributed by atoms with Crippen LogP contribution in [0.5, 0.6) is 5.75 Å². The third-order valence-electron chi connectivity index (χ3n) is 3.67. The highest BCUT2D eigenvalue weighted by molar-refractivity contribution is 6.32. The zero-order valence-electron chi connectivity index (χ0n) is 14.1. The summed E-state index contributed by atoms with van der Waals surface area (Å²) in [6.07, 6.45) is -4.43. The van der Waals surface area contributed by atoms with E-state index in [4.69, 9.17) is 21.1 Å². The third-order valence-corrected chi connectivity index (χ3v) is 3.96. The van der Waals surface area contributed by atoms with E-state index in [1.165, 1.54) is 6.07 Å². The number of aromatic nitrogens is 2. The van der Waals surface area contributed by atoms with Gasteiger partial charge in [0.25, 0.3) is 0 Å². The van der Waals surface area contributed by atoms with Crippen molar-refractivity contribution < 1.29 is 27.4 Å². The van der Waals surface area contributed by atoms with Crippen LogP contribution in [0.25, 0.3) is 22.4 Å². The van der Waals surface area contributed by atoms with Crippen LogP contribution < -0.4 is 4.74 Å². The normalized spacial score (nSPS) is 11.6. The number of nitrogens with zero attached hydrogens (tertiary/aromatic N) is 1. The average molecular weight is 399 g/mol. The van der Waals surface area contributed by atoms with Crippen LogP contribution in [0.15, 0.2) is 36.4 Å². The van der Waals surface area contributed by atoms with Crippen LogP contribution in [0, 0.1) is 0 Å². The van der Waals surface area contributed by atoms with Crippen molar-refractivity contribution in [3.8, 4) is 17.1 Å². The molecule has 27 heavy (non-hydrogen) atoms. The molecular weight excluding hydrogens is 385 g/mol. The van der Waals surface area contributed by atoms with Gasteiger partial charge in [0.15, 0.2) is 6.61 Å². The van der Waals surface area contributed by atoms with Gasteiger partial charge in [-0.2, -0.15) is 13.2 Å². The first kappa shape index (κ1) is 19.0. The van der Waals surface area contributed by atoms with E-state index in [0.29, 0.717) is 16.9 Å². The Morgan fingerprint density at radius 3 is 2.67 bits per heavy atom. The molecule has 0 aliphatic rings. The smallest absolute Gasteiger partial charge is 0.416 e. The molecule has 0 aliphatic carbocycles. The summed E-state index contributed by atoms with van der Waals surface area (Å²) in [7, 11) is 0. The van der Waals surface area contributed by atoms with E-state index in [0.717, 1.165) is 12.1 Å². The number of H-pyrrole nitrogens is 1. The van der Waals surface area contributed by atoms with E-state index in [-0.39, 0.29) is 29.5 Å². The van der Waals surface area contributed by atoms with E-state index in [1.807, 2.05) is 0 Å². The van der Waals surface area contributed by atoms with Gasteiger partial charge >= 0.3 is 12.1 Å². The Morgan fingerprint density at radius 2 is 2.00 bits per heavy atom. The first-order chi connectivity index (χ1) is 12.8. The zero-order chi connectivity index (χ0) is 19.6. The summed E-state index contributed by atoms with van der Waals surface area (Å²) in [5, 5.41) is 0.230. The lowest BCUT2D eigenvalue weighted by atomic mass is 10.2. The number of nitrogens with one attached hydrogen (secondary N) is 1. The van der Waals surface area contributed by atoms with Crippen molar-refractivity contribution >= 4 is 28.6 Å². The van der Waals surface area contributed by atoms with Crippen molar-refractivity contribution in [2.45, 2.75) is 13.1 Å². The summed E-state index contributed by atoms with van der Waals surface area (Å²) < 4.78 is 48.5. The van der Waals surface area contributed by atoms with Gasteiger partial charge in [-0.3, -0.25) is 0 Å². The molecule has 0 bridgehead atoms. The molecule has 1 aromatic heterocycles. The molecule has 142 valence electrons. The first-order valence-corrected chi connectivity index (χ1v) is 8.31. The van der Waals surface area contributed by atoms with Gasteiger partial charge in [-0.25, -0.2) is 9.78 Å². The monoisotopic (exact) mass is 398 g/mol. The van der Waals surface area contributed by atoms with Crippen LogP contribution in [0.1, 0.15) is 12.5 Å². The molecule has 0 fully saturated rings. The van der Waals surface area contributed by atoms with Crippen molar-refractivity contribution in [2.24, 2.45) is 0 Å². The minimum absolute atomic E-state index is 0.230. The fourth-order valence-electron chi connectivity index (χ4n) is 2.43. The lowest BCUT2D eigenvalue weighted by molar-refractivity contribution is -0.145. The minimum atomic E-state index is -4.43. The van der Waals surface area contributed by atoms with Crippen LogP contribution in [0.3, 0.4) is 0 Å². The fourth-order valence-corrected chi connectivity index (χ4v) is 2.66. The number of alkyl halides is 3. The molecule has 3 aromatic rings. The SMILES string of the molecule is CCOC(=O)COc1ccc(-c2nc3ccc(C(F)(F)F)cc3[nH]2)cc1Cl. The Hall–Kier alpha value is -2.74. The highest BCUT2D eigenvalue weighted by Crippen LogP contribution is 2.33. The van der Waals surface area contributed by atoms with Crippen LogP contribution in [-0.2, 0) is 15.7 Å². The lowest BCUT2D eigenvalue weighted by Gasteiger charge is -2.08. The van der Waals surface area contributed by atoms with E-state index in [1.54, 1.807) is 25.1 Å². The highest BCUT2D eigenvalue weighted by atomic mass is 35.5. The average Bonchev–Trinajstić information content (AvgIpc) is 3.03. The van der Waals surface area contributed by atoms with Gasteiger partial charge in [-0.15, -0.1) is 0 Å². The maximum absolute atomic E-state index is 12.8. The Balaban J connectivity index is 1.84. The molecule has 0 aliphatic heterocycles. The molecule has 0 radical (unpaired) electrons. The number of hydrogen-bond acceptors (Lipinski definition) is 4. The van der Waals surface area contributed by atoms with Crippen LogP contribution >= 0.6 is 11.6 Å². The van der Waals surface area contributed by atoms with Gasteiger partial charge < -0.3 is 14.5 Å². The van der Waals surface area contributed by atoms with Gasteiger partial charge in [0.2, 0.25) is 0 Å². The zero-order valence-corrected chi connectivity index (χ0v) is 14.8. The summed E-state index contributed by atoms with van der Waals surface area (Å²) in [5.41, 5.74) is 0.467. The number of imidazole rings is 1. The molecule has 2 aromatic carbocycles. The summed E-state index contributed by atoms with van der Waals surface area (Å²) in [5.74, 6) is 0.127. The van der Waals surface area contributed by atoms with Crippen molar-refractivity contribution in [3.63, 3.8) is 0 Å². The number of hydrogen-bond donors (Lipinski definition) is 1. The van der Waals surface area contributed by atoms with Crippen molar-refractivity contribution in [1.29, 1.82) is 0 Å². The first-order valence-electron chi connectivity index (χ1n) is 7.93. The summed E-state index contributed by atoms with van der Waals surface area (Å²) in [6.45, 7) is 1.65. The molecule has 9 heteroatoms. The molecule has 0 saturated carbocycles. The highest BCUT2D eigenvalue weighted by Gasteiger charge is 2.30.